The number of benzene rings is 2. The second kappa shape index (κ2) is 8.65. The Morgan fingerprint density at radius 2 is 2.00 bits per heavy atom. The van der Waals surface area contributed by atoms with E-state index < -0.39 is 6.61 Å². The maximum atomic E-state index is 13.2. The first-order chi connectivity index (χ1) is 17.0. The fraction of sp³-hybridized carbons (Fsp3) is 0.407. The summed E-state index contributed by atoms with van der Waals surface area (Å²) in [4.78, 5) is 22.2. The standard InChI is InChI=1S/C27H26F2N4O2/c1-31-22-16-21(24-18(26(31)34)8-6-9-23(24)35-27(28)29)33-20-15-17(10-11-19(20)30-25(22)33)7-2-3-12-32-13-4-5-14-32/h6,8-11,15,21-22,27H,3-5,12-14,16H2,1H3/t21-,22?/m1/s1. The van der Waals surface area contributed by atoms with Gasteiger partial charge in [0.1, 0.15) is 11.6 Å². The smallest absolute Gasteiger partial charge is 0.387 e. The lowest BCUT2D eigenvalue weighted by molar-refractivity contribution is -0.0507. The van der Waals surface area contributed by atoms with Crippen LogP contribution in [0.5, 0.6) is 5.75 Å². The molecule has 2 aromatic carbocycles. The number of carbonyl (C=O) groups excluding carboxylic acids is 1. The third-order valence-electron chi connectivity index (χ3n) is 7.39. The van der Waals surface area contributed by atoms with Crippen molar-refractivity contribution < 1.29 is 18.3 Å². The molecule has 0 N–H and O–H groups in total. The summed E-state index contributed by atoms with van der Waals surface area (Å²) in [7, 11) is 1.74. The fourth-order valence-corrected chi connectivity index (χ4v) is 5.74. The number of ether oxygens (including phenoxy) is 1. The summed E-state index contributed by atoms with van der Waals surface area (Å²) < 4.78 is 33.4. The van der Waals surface area contributed by atoms with Gasteiger partial charge in [0.15, 0.2) is 0 Å². The van der Waals surface area contributed by atoms with Gasteiger partial charge < -0.3 is 19.1 Å². The molecule has 2 bridgehead atoms. The van der Waals surface area contributed by atoms with Crippen molar-refractivity contribution >= 4 is 16.9 Å². The molecule has 8 heteroatoms. The zero-order valence-electron chi connectivity index (χ0n) is 19.5. The molecule has 35 heavy (non-hydrogen) atoms. The number of hydrogen-bond donors (Lipinski definition) is 0. The molecule has 0 aliphatic carbocycles. The minimum atomic E-state index is -2.98. The Morgan fingerprint density at radius 3 is 2.80 bits per heavy atom. The molecule has 1 amide bonds. The average molecular weight is 477 g/mol. The first kappa shape index (κ1) is 22.1. The largest absolute Gasteiger partial charge is 0.434 e. The predicted molar refractivity (Wildman–Crippen MR) is 128 cm³/mol. The van der Waals surface area contributed by atoms with Crippen LogP contribution in [-0.4, -0.2) is 58.6 Å². The molecule has 0 spiro atoms. The summed E-state index contributed by atoms with van der Waals surface area (Å²) in [5.41, 5.74) is 3.46. The Morgan fingerprint density at radius 1 is 1.17 bits per heavy atom. The van der Waals surface area contributed by atoms with Crippen LogP contribution in [-0.2, 0) is 0 Å². The molecule has 3 aliphatic rings. The number of hydrogen-bond acceptors (Lipinski definition) is 4. The first-order valence-electron chi connectivity index (χ1n) is 12.1. The minimum absolute atomic E-state index is 0.0393. The summed E-state index contributed by atoms with van der Waals surface area (Å²) >= 11 is 0. The molecule has 3 aliphatic heterocycles. The second-order valence-electron chi connectivity index (χ2n) is 9.42. The minimum Gasteiger partial charge on any atom is -0.434 e. The molecule has 3 aromatic rings. The van der Waals surface area contributed by atoms with Crippen molar-refractivity contribution in [3.63, 3.8) is 0 Å². The molecule has 2 atom stereocenters. The summed E-state index contributed by atoms with van der Waals surface area (Å²) in [6, 6.07) is 10.1. The molecule has 0 saturated carbocycles. The lowest BCUT2D eigenvalue weighted by atomic mass is 9.97. The average Bonchev–Trinajstić information content (AvgIpc) is 3.55. The Labute approximate surface area is 202 Å². The van der Waals surface area contributed by atoms with E-state index in [0.29, 0.717) is 17.5 Å². The van der Waals surface area contributed by atoms with Crippen molar-refractivity contribution in [1.29, 1.82) is 0 Å². The summed E-state index contributed by atoms with van der Waals surface area (Å²) in [5.74, 6) is 7.16. The van der Waals surface area contributed by atoms with Gasteiger partial charge in [0.2, 0.25) is 0 Å². The molecule has 1 unspecified atom stereocenters. The van der Waals surface area contributed by atoms with Gasteiger partial charge in [-0.25, -0.2) is 4.98 Å². The molecule has 6 rings (SSSR count). The zero-order chi connectivity index (χ0) is 24.1. The van der Waals surface area contributed by atoms with E-state index in [-0.39, 0.29) is 23.7 Å². The van der Waals surface area contributed by atoms with Gasteiger partial charge in [0.25, 0.3) is 5.91 Å². The number of rotatable bonds is 4. The lowest BCUT2D eigenvalue weighted by Gasteiger charge is -2.24. The van der Waals surface area contributed by atoms with Crippen LogP contribution in [0.25, 0.3) is 11.0 Å². The van der Waals surface area contributed by atoms with E-state index in [0.717, 1.165) is 48.5 Å². The molecular formula is C27H26F2N4O2. The molecule has 1 saturated heterocycles. The van der Waals surface area contributed by atoms with Crippen LogP contribution in [0, 0.1) is 11.8 Å². The molecule has 180 valence electrons. The number of amides is 1. The highest BCUT2D eigenvalue weighted by Crippen LogP contribution is 2.49. The maximum absolute atomic E-state index is 13.2. The van der Waals surface area contributed by atoms with Crippen molar-refractivity contribution in [3.8, 4) is 17.6 Å². The van der Waals surface area contributed by atoms with Crippen molar-refractivity contribution in [2.45, 2.75) is 44.4 Å². The van der Waals surface area contributed by atoms with E-state index in [1.165, 1.54) is 18.9 Å². The van der Waals surface area contributed by atoms with Gasteiger partial charge in [-0.2, -0.15) is 8.78 Å². The highest BCUT2D eigenvalue weighted by molar-refractivity contribution is 5.97. The first-order valence-corrected chi connectivity index (χ1v) is 12.1. The second-order valence-corrected chi connectivity index (χ2v) is 9.42. The maximum Gasteiger partial charge on any atom is 0.387 e. The number of halogens is 2. The SMILES string of the molecule is CN1C(=O)c2cccc(OC(F)F)c2[C@H]2CC1c1nc3ccc(C#CCCN4CCCC4)cc3n12. The topological polar surface area (TPSA) is 50.6 Å². The molecule has 1 aromatic heterocycles. The lowest BCUT2D eigenvalue weighted by Crippen LogP contribution is -2.30. The number of fused-ring (bicyclic) bond motifs is 9. The quantitative estimate of drug-likeness (QED) is 0.517. The molecule has 1 fully saturated rings. The van der Waals surface area contributed by atoms with Crippen LogP contribution in [0.4, 0.5) is 8.78 Å². The predicted octanol–water partition coefficient (Wildman–Crippen LogP) is 4.59. The van der Waals surface area contributed by atoms with Gasteiger partial charge in [-0.15, -0.1) is 0 Å². The molecule has 6 nitrogen and oxygen atoms in total. The van der Waals surface area contributed by atoms with Crippen LogP contribution < -0.4 is 4.74 Å². The summed E-state index contributed by atoms with van der Waals surface area (Å²) in [5, 5.41) is 0. The van der Waals surface area contributed by atoms with E-state index in [4.69, 9.17) is 9.72 Å². The highest BCUT2D eigenvalue weighted by Gasteiger charge is 2.45. The number of aromatic nitrogens is 2. The fourth-order valence-electron chi connectivity index (χ4n) is 5.74. The van der Waals surface area contributed by atoms with Crippen LogP contribution >= 0.6 is 0 Å². The van der Waals surface area contributed by atoms with Gasteiger partial charge in [-0.1, -0.05) is 17.9 Å². The van der Waals surface area contributed by atoms with Gasteiger partial charge >= 0.3 is 6.61 Å². The Balaban J connectivity index is 1.41. The van der Waals surface area contributed by atoms with Crippen molar-refractivity contribution in [2.75, 3.05) is 26.7 Å². The summed E-state index contributed by atoms with van der Waals surface area (Å²) in [6.07, 6.45) is 3.92. The Bertz CT molecular complexity index is 1370. The highest BCUT2D eigenvalue weighted by atomic mass is 19.3. The van der Waals surface area contributed by atoms with E-state index in [9.17, 15) is 13.6 Å². The number of alkyl halides is 2. The zero-order valence-corrected chi connectivity index (χ0v) is 19.5. The molecular weight excluding hydrogens is 450 g/mol. The normalized spacial score (nSPS) is 21.1. The van der Waals surface area contributed by atoms with Crippen molar-refractivity contribution in [3.05, 3.63) is 58.9 Å². The van der Waals surface area contributed by atoms with Gasteiger partial charge in [-0.05, 0) is 56.3 Å². The Kier molecular flexibility index (Phi) is 5.45. The summed E-state index contributed by atoms with van der Waals surface area (Å²) in [6.45, 7) is 0.337. The van der Waals surface area contributed by atoms with E-state index in [1.807, 2.05) is 18.2 Å². The number of nitrogens with zero attached hydrogens (tertiary/aromatic N) is 4. The van der Waals surface area contributed by atoms with E-state index in [2.05, 4.69) is 21.3 Å². The van der Waals surface area contributed by atoms with E-state index in [1.54, 1.807) is 24.1 Å². The van der Waals surface area contributed by atoms with Crippen LogP contribution in [0.1, 0.15) is 65.1 Å². The monoisotopic (exact) mass is 476 g/mol. The Hall–Kier alpha value is -3.44. The third-order valence-corrected chi connectivity index (χ3v) is 7.39. The van der Waals surface area contributed by atoms with Crippen molar-refractivity contribution in [1.82, 2.24) is 19.4 Å². The molecule has 4 heterocycles. The van der Waals surface area contributed by atoms with Crippen LogP contribution in [0.3, 0.4) is 0 Å². The molecule has 0 radical (unpaired) electrons. The van der Waals surface area contributed by atoms with Crippen LogP contribution in [0.2, 0.25) is 0 Å². The van der Waals surface area contributed by atoms with E-state index >= 15 is 0 Å². The third kappa shape index (κ3) is 3.75. The van der Waals surface area contributed by atoms with Gasteiger partial charge in [0.05, 0.1) is 23.1 Å². The van der Waals surface area contributed by atoms with Crippen molar-refractivity contribution in [2.24, 2.45) is 0 Å². The van der Waals surface area contributed by atoms with Gasteiger partial charge in [0, 0.05) is 43.1 Å². The number of carbonyl (C=O) groups is 1. The number of imidazole rings is 1. The van der Waals surface area contributed by atoms with Crippen LogP contribution in [0.15, 0.2) is 36.4 Å². The van der Waals surface area contributed by atoms with Gasteiger partial charge in [-0.3, -0.25) is 4.79 Å². The number of likely N-dealkylation sites (tertiary alicyclic amines) is 1.